The molecule has 0 bridgehead atoms. The number of carbonyl (C=O) groups excluding carboxylic acids is 1. The van der Waals surface area contributed by atoms with Crippen molar-refractivity contribution >= 4 is 11.6 Å². The van der Waals surface area contributed by atoms with Crippen LogP contribution in [0, 0.1) is 28.4 Å². The third-order valence-corrected chi connectivity index (χ3v) is 2.03. The van der Waals surface area contributed by atoms with Gasteiger partial charge in [-0.3, -0.25) is 4.79 Å². The second-order valence-electron chi connectivity index (χ2n) is 3.82. The zero-order valence-corrected chi connectivity index (χ0v) is 8.84. The Morgan fingerprint density at radius 1 is 1.44 bits per heavy atom. The second kappa shape index (κ2) is 4.27. The van der Waals surface area contributed by atoms with E-state index in [4.69, 9.17) is 5.26 Å². The SMILES string of the molecule is CC(C)(C#N)C(=O)Nc1ccc(F)cc1F. The fourth-order valence-electron chi connectivity index (χ4n) is 0.920. The number of anilines is 1. The van der Waals surface area contributed by atoms with Crippen molar-refractivity contribution in [1.82, 2.24) is 0 Å². The van der Waals surface area contributed by atoms with Gasteiger partial charge in [-0.15, -0.1) is 0 Å². The van der Waals surface area contributed by atoms with Crippen molar-refractivity contribution in [2.24, 2.45) is 5.41 Å². The predicted molar refractivity (Wildman–Crippen MR) is 54.4 cm³/mol. The van der Waals surface area contributed by atoms with E-state index in [1.807, 2.05) is 0 Å². The standard InChI is InChI=1S/C11H10F2N2O/c1-11(2,6-14)10(16)15-9-4-3-7(12)5-8(9)13/h3-5H,1-2H3,(H,15,16). The van der Waals surface area contributed by atoms with Gasteiger partial charge in [0.15, 0.2) is 0 Å². The summed E-state index contributed by atoms with van der Waals surface area (Å²) in [5.74, 6) is -2.24. The molecule has 1 amide bonds. The van der Waals surface area contributed by atoms with Crippen LogP contribution < -0.4 is 5.32 Å². The summed E-state index contributed by atoms with van der Waals surface area (Å²) in [6, 6.07) is 4.58. The lowest BCUT2D eigenvalue weighted by molar-refractivity contribution is -0.121. The number of amides is 1. The van der Waals surface area contributed by atoms with Crippen molar-refractivity contribution in [3.63, 3.8) is 0 Å². The highest BCUT2D eigenvalue weighted by molar-refractivity contribution is 5.96. The first kappa shape index (κ1) is 12.1. The van der Waals surface area contributed by atoms with E-state index in [9.17, 15) is 13.6 Å². The molecule has 0 unspecified atom stereocenters. The summed E-state index contributed by atoms with van der Waals surface area (Å²) in [5.41, 5.74) is -1.41. The summed E-state index contributed by atoms with van der Waals surface area (Å²) in [6.07, 6.45) is 0. The summed E-state index contributed by atoms with van der Waals surface area (Å²) in [7, 11) is 0. The number of benzene rings is 1. The molecule has 0 radical (unpaired) electrons. The van der Waals surface area contributed by atoms with E-state index >= 15 is 0 Å². The van der Waals surface area contributed by atoms with Gasteiger partial charge in [0.25, 0.3) is 0 Å². The van der Waals surface area contributed by atoms with Gasteiger partial charge in [0.05, 0.1) is 11.8 Å². The second-order valence-corrected chi connectivity index (χ2v) is 3.82. The first-order valence-corrected chi connectivity index (χ1v) is 4.54. The van der Waals surface area contributed by atoms with Crippen molar-refractivity contribution in [1.29, 1.82) is 5.26 Å². The topological polar surface area (TPSA) is 52.9 Å². The summed E-state index contributed by atoms with van der Waals surface area (Å²) in [5, 5.41) is 10.9. The average molecular weight is 224 g/mol. The van der Waals surface area contributed by atoms with Gasteiger partial charge in [-0.2, -0.15) is 5.26 Å². The molecular formula is C11H10F2N2O. The molecular weight excluding hydrogens is 214 g/mol. The molecule has 0 fully saturated rings. The summed E-state index contributed by atoms with van der Waals surface area (Å²) >= 11 is 0. The molecule has 0 atom stereocenters. The van der Waals surface area contributed by atoms with Gasteiger partial charge in [-0.25, -0.2) is 8.78 Å². The van der Waals surface area contributed by atoms with Crippen LogP contribution >= 0.6 is 0 Å². The molecule has 84 valence electrons. The normalized spacial score (nSPS) is 10.7. The third-order valence-electron chi connectivity index (χ3n) is 2.03. The van der Waals surface area contributed by atoms with Crippen molar-refractivity contribution in [2.75, 3.05) is 5.32 Å². The molecule has 0 saturated carbocycles. The number of halogens is 2. The third kappa shape index (κ3) is 2.54. The van der Waals surface area contributed by atoms with Crippen molar-refractivity contribution in [2.45, 2.75) is 13.8 Å². The lowest BCUT2D eigenvalue weighted by Gasteiger charge is -2.15. The molecule has 0 heterocycles. The van der Waals surface area contributed by atoms with Gasteiger partial charge in [0.1, 0.15) is 17.0 Å². The molecule has 0 aromatic heterocycles. The smallest absolute Gasteiger partial charge is 0.244 e. The molecule has 0 aliphatic carbocycles. The van der Waals surface area contributed by atoms with Crippen LogP contribution in [0.5, 0.6) is 0 Å². The Bertz CT molecular complexity index is 464. The number of nitrogens with one attached hydrogen (secondary N) is 1. The van der Waals surface area contributed by atoms with Gasteiger partial charge < -0.3 is 5.32 Å². The fourth-order valence-corrected chi connectivity index (χ4v) is 0.920. The maximum atomic E-state index is 13.2. The maximum absolute atomic E-state index is 13.2. The average Bonchev–Trinajstić information content (AvgIpc) is 2.22. The highest BCUT2D eigenvalue weighted by Gasteiger charge is 2.27. The van der Waals surface area contributed by atoms with E-state index in [1.165, 1.54) is 13.8 Å². The van der Waals surface area contributed by atoms with Crippen LogP contribution in [0.4, 0.5) is 14.5 Å². The number of hydrogen-bond acceptors (Lipinski definition) is 2. The van der Waals surface area contributed by atoms with E-state index < -0.39 is 23.0 Å². The lowest BCUT2D eigenvalue weighted by atomic mass is 9.94. The highest BCUT2D eigenvalue weighted by Crippen LogP contribution is 2.20. The van der Waals surface area contributed by atoms with Crippen molar-refractivity contribution in [3.8, 4) is 6.07 Å². The predicted octanol–water partition coefficient (Wildman–Crippen LogP) is 2.45. The number of rotatable bonds is 2. The first-order valence-electron chi connectivity index (χ1n) is 4.54. The zero-order chi connectivity index (χ0) is 12.3. The van der Waals surface area contributed by atoms with Crippen LogP contribution in [0.1, 0.15) is 13.8 Å². The number of carbonyl (C=O) groups is 1. The van der Waals surface area contributed by atoms with E-state index in [2.05, 4.69) is 5.32 Å². The fraction of sp³-hybridized carbons (Fsp3) is 0.273. The molecule has 1 aromatic carbocycles. The van der Waals surface area contributed by atoms with Crippen LogP contribution in [0.15, 0.2) is 18.2 Å². The minimum absolute atomic E-state index is 0.144. The van der Waals surface area contributed by atoms with Gasteiger partial charge in [0.2, 0.25) is 5.91 Å². The van der Waals surface area contributed by atoms with Crippen LogP contribution in [-0.4, -0.2) is 5.91 Å². The maximum Gasteiger partial charge on any atom is 0.244 e. The molecule has 0 spiro atoms. The largest absolute Gasteiger partial charge is 0.322 e. The van der Waals surface area contributed by atoms with E-state index in [1.54, 1.807) is 6.07 Å². The van der Waals surface area contributed by atoms with Gasteiger partial charge in [-0.05, 0) is 26.0 Å². The molecule has 3 nitrogen and oxygen atoms in total. The highest BCUT2D eigenvalue weighted by atomic mass is 19.1. The minimum atomic E-state index is -1.26. The summed E-state index contributed by atoms with van der Waals surface area (Å²) in [6.45, 7) is 2.81. The van der Waals surface area contributed by atoms with Crippen LogP contribution in [0.25, 0.3) is 0 Å². The number of nitriles is 1. The Kier molecular flexibility index (Phi) is 3.23. The van der Waals surface area contributed by atoms with E-state index in [-0.39, 0.29) is 5.69 Å². The Balaban J connectivity index is 2.91. The molecule has 0 aliphatic rings. The van der Waals surface area contributed by atoms with Crippen LogP contribution in [-0.2, 0) is 4.79 Å². The molecule has 0 aliphatic heterocycles. The minimum Gasteiger partial charge on any atom is -0.322 e. The van der Waals surface area contributed by atoms with Gasteiger partial charge in [-0.1, -0.05) is 0 Å². The number of hydrogen-bond donors (Lipinski definition) is 1. The molecule has 1 aromatic rings. The molecule has 1 rings (SSSR count). The van der Waals surface area contributed by atoms with E-state index in [0.29, 0.717) is 6.07 Å². The molecule has 5 heteroatoms. The quantitative estimate of drug-likeness (QED) is 0.838. The Morgan fingerprint density at radius 2 is 2.06 bits per heavy atom. The first-order chi connectivity index (χ1) is 7.36. The van der Waals surface area contributed by atoms with Gasteiger partial charge >= 0.3 is 0 Å². The lowest BCUT2D eigenvalue weighted by Crippen LogP contribution is -2.29. The summed E-state index contributed by atoms with van der Waals surface area (Å²) < 4.78 is 25.7. The molecule has 0 saturated heterocycles. The Labute approximate surface area is 91.7 Å². The van der Waals surface area contributed by atoms with Crippen LogP contribution in [0.3, 0.4) is 0 Å². The molecule has 16 heavy (non-hydrogen) atoms. The van der Waals surface area contributed by atoms with Crippen LogP contribution in [0.2, 0.25) is 0 Å². The van der Waals surface area contributed by atoms with Crippen molar-refractivity contribution < 1.29 is 13.6 Å². The van der Waals surface area contributed by atoms with Crippen molar-refractivity contribution in [3.05, 3.63) is 29.8 Å². The Hall–Kier alpha value is -1.96. The Morgan fingerprint density at radius 3 is 2.56 bits per heavy atom. The monoisotopic (exact) mass is 224 g/mol. The van der Waals surface area contributed by atoms with E-state index in [0.717, 1.165) is 12.1 Å². The van der Waals surface area contributed by atoms with Gasteiger partial charge in [0, 0.05) is 6.07 Å². The zero-order valence-electron chi connectivity index (χ0n) is 8.84. The number of nitrogens with zero attached hydrogens (tertiary/aromatic N) is 1. The molecule has 1 N–H and O–H groups in total. The summed E-state index contributed by atoms with van der Waals surface area (Å²) in [4.78, 5) is 11.5.